The molecule has 1 atom stereocenters. The number of hydrogen-bond acceptors (Lipinski definition) is 2. The molecule has 0 aliphatic carbocycles. The van der Waals surface area contributed by atoms with E-state index in [9.17, 15) is 4.79 Å². The van der Waals surface area contributed by atoms with Crippen molar-refractivity contribution in [1.82, 2.24) is 4.90 Å². The number of likely N-dealkylation sites (N-methyl/N-ethyl adjacent to an activating group) is 1. The summed E-state index contributed by atoms with van der Waals surface area (Å²) in [5.74, 6) is 0.0181. The Balaban J connectivity index is 0.00000441. The zero-order valence-corrected chi connectivity index (χ0v) is 15.6. The van der Waals surface area contributed by atoms with Crippen LogP contribution in [0.2, 0.25) is 0 Å². The third-order valence-corrected chi connectivity index (χ3v) is 4.07. The lowest BCUT2D eigenvalue weighted by molar-refractivity contribution is -0.136. The van der Waals surface area contributed by atoms with Crippen molar-refractivity contribution in [3.63, 3.8) is 0 Å². The van der Waals surface area contributed by atoms with Crippen LogP contribution < -0.4 is 5.73 Å². The summed E-state index contributed by atoms with van der Waals surface area (Å²) < 4.78 is 0. The van der Waals surface area contributed by atoms with Gasteiger partial charge in [-0.15, -0.1) is 12.4 Å². The van der Waals surface area contributed by atoms with Gasteiger partial charge in [0.05, 0.1) is 5.54 Å². The van der Waals surface area contributed by atoms with E-state index in [2.05, 4.69) is 52.0 Å². The minimum Gasteiger partial charge on any atom is -0.343 e. The van der Waals surface area contributed by atoms with Gasteiger partial charge < -0.3 is 10.6 Å². The van der Waals surface area contributed by atoms with E-state index in [1.807, 2.05) is 14.0 Å². The van der Waals surface area contributed by atoms with Crippen LogP contribution in [0, 0.1) is 6.92 Å². The van der Waals surface area contributed by atoms with Crippen LogP contribution in [0.25, 0.3) is 0 Å². The number of carbonyl (C=O) groups is 1. The maximum Gasteiger partial charge on any atom is 0.242 e. The highest BCUT2D eigenvalue weighted by atomic mass is 35.5. The highest BCUT2D eigenvalue weighted by Crippen LogP contribution is 2.25. The SMILES string of the molecule is CCCC(C)(N)C(=O)N(C)CC(C)(C)c1ccc(C)cc1.Cl. The smallest absolute Gasteiger partial charge is 0.242 e. The molecule has 1 aromatic rings. The van der Waals surface area contributed by atoms with Crippen LogP contribution in [0.4, 0.5) is 0 Å². The zero-order chi connectivity index (χ0) is 16.3. The summed E-state index contributed by atoms with van der Waals surface area (Å²) in [4.78, 5) is 14.3. The Bertz CT molecular complexity index is 480. The molecule has 0 fully saturated rings. The molecule has 1 aromatic carbocycles. The van der Waals surface area contributed by atoms with E-state index in [0.29, 0.717) is 13.0 Å². The van der Waals surface area contributed by atoms with Gasteiger partial charge in [0.15, 0.2) is 0 Å². The fraction of sp³-hybridized carbons (Fsp3) is 0.611. The van der Waals surface area contributed by atoms with Crippen molar-refractivity contribution in [2.75, 3.05) is 13.6 Å². The zero-order valence-electron chi connectivity index (χ0n) is 14.8. The van der Waals surface area contributed by atoms with Gasteiger partial charge in [-0.05, 0) is 25.8 Å². The van der Waals surface area contributed by atoms with E-state index in [-0.39, 0.29) is 23.7 Å². The van der Waals surface area contributed by atoms with Crippen LogP contribution in [0.5, 0.6) is 0 Å². The van der Waals surface area contributed by atoms with Gasteiger partial charge in [-0.3, -0.25) is 4.79 Å². The minimum absolute atomic E-state index is 0. The number of amides is 1. The lowest BCUT2D eigenvalue weighted by Gasteiger charge is -2.35. The number of halogens is 1. The first-order valence-corrected chi connectivity index (χ1v) is 7.72. The normalized spacial score (nSPS) is 14.0. The summed E-state index contributed by atoms with van der Waals surface area (Å²) in [5.41, 5.74) is 7.77. The molecule has 0 aliphatic rings. The second-order valence-electron chi connectivity index (χ2n) is 7.08. The summed E-state index contributed by atoms with van der Waals surface area (Å²) in [5, 5.41) is 0. The molecule has 4 heteroatoms. The Morgan fingerprint density at radius 1 is 1.18 bits per heavy atom. The Kier molecular flexibility index (Phi) is 7.60. The predicted molar refractivity (Wildman–Crippen MR) is 96.6 cm³/mol. The van der Waals surface area contributed by atoms with E-state index in [1.54, 1.807) is 4.90 Å². The molecule has 126 valence electrons. The van der Waals surface area contributed by atoms with Gasteiger partial charge in [0.1, 0.15) is 0 Å². The van der Waals surface area contributed by atoms with E-state index in [0.717, 1.165) is 6.42 Å². The van der Waals surface area contributed by atoms with Crippen LogP contribution >= 0.6 is 12.4 Å². The van der Waals surface area contributed by atoms with E-state index in [1.165, 1.54) is 11.1 Å². The van der Waals surface area contributed by atoms with Crippen molar-refractivity contribution in [2.24, 2.45) is 5.73 Å². The highest BCUT2D eigenvalue weighted by Gasteiger charge is 2.33. The Morgan fingerprint density at radius 2 is 1.68 bits per heavy atom. The van der Waals surface area contributed by atoms with Crippen molar-refractivity contribution in [2.45, 2.75) is 58.4 Å². The van der Waals surface area contributed by atoms with Gasteiger partial charge in [-0.2, -0.15) is 0 Å². The van der Waals surface area contributed by atoms with Crippen molar-refractivity contribution in [3.05, 3.63) is 35.4 Å². The quantitative estimate of drug-likeness (QED) is 0.867. The summed E-state index contributed by atoms with van der Waals surface area (Å²) >= 11 is 0. The molecule has 1 unspecified atom stereocenters. The first-order valence-electron chi connectivity index (χ1n) is 7.72. The molecule has 0 saturated carbocycles. The number of hydrogen-bond donors (Lipinski definition) is 1. The van der Waals surface area contributed by atoms with Gasteiger partial charge in [-0.1, -0.05) is 57.0 Å². The lowest BCUT2D eigenvalue weighted by atomic mass is 9.83. The summed E-state index contributed by atoms with van der Waals surface area (Å²) in [6.07, 6.45) is 1.62. The average molecular weight is 327 g/mol. The molecule has 0 heterocycles. The molecule has 1 amide bonds. The predicted octanol–water partition coefficient (Wildman–Crippen LogP) is 3.67. The highest BCUT2D eigenvalue weighted by molar-refractivity contribution is 5.85. The van der Waals surface area contributed by atoms with Crippen LogP contribution in [0.15, 0.2) is 24.3 Å². The topological polar surface area (TPSA) is 46.3 Å². The molecular formula is C18H31ClN2O. The molecule has 0 aliphatic heterocycles. The third-order valence-electron chi connectivity index (χ3n) is 4.07. The number of nitrogens with two attached hydrogens (primary N) is 1. The van der Waals surface area contributed by atoms with Gasteiger partial charge in [0.25, 0.3) is 0 Å². The molecule has 1 rings (SSSR count). The van der Waals surface area contributed by atoms with Crippen molar-refractivity contribution in [1.29, 1.82) is 0 Å². The second-order valence-corrected chi connectivity index (χ2v) is 7.08. The van der Waals surface area contributed by atoms with Crippen LogP contribution in [0.3, 0.4) is 0 Å². The van der Waals surface area contributed by atoms with Gasteiger partial charge in [0.2, 0.25) is 5.91 Å². The molecule has 0 spiro atoms. The minimum atomic E-state index is -0.771. The van der Waals surface area contributed by atoms with E-state index < -0.39 is 5.54 Å². The first kappa shape index (κ1) is 20.9. The Labute approximate surface area is 141 Å². The van der Waals surface area contributed by atoms with Crippen LogP contribution in [0.1, 0.15) is 51.7 Å². The monoisotopic (exact) mass is 326 g/mol. The molecule has 0 radical (unpaired) electrons. The van der Waals surface area contributed by atoms with E-state index in [4.69, 9.17) is 5.73 Å². The molecule has 22 heavy (non-hydrogen) atoms. The number of nitrogens with zero attached hydrogens (tertiary/aromatic N) is 1. The fourth-order valence-electron chi connectivity index (χ4n) is 2.82. The molecule has 0 aromatic heterocycles. The Hall–Kier alpha value is -1.06. The third kappa shape index (κ3) is 5.29. The molecule has 3 nitrogen and oxygen atoms in total. The van der Waals surface area contributed by atoms with Gasteiger partial charge >= 0.3 is 0 Å². The second kappa shape index (κ2) is 7.98. The van der Waals surface area contributed by atoms with Crippen molar-refractivity contribution < 1.29 is 4.79 Å². The average Bonchev–Trinajstić information content (AvgIpc) is 2.37. The number of carbonyl (C=O) groups excluding carboxylic acids is 1. The standard InChI is InChI=1S/C18H30N2O.ClH/c1-7-12-18(5,19)16(21)20(6)13-17(3,4)15-10-8-14(2)9-11-15;/h8-11H,7,12-13,19H2,1-6H3;1H. The summed E-state index contributed by atoms with van der Waals surface area (Å²) in [7, 11) is 1.85. The number of aryl methyl sites for hydroxylation is 1. The molecular weight excluding hydrogens is 296 g/mol. The van der Waals surface area contributed by atoms with Crippen LogP contribution in [-0.2, 0) is 10.2 Å². The largest absolute Gasteiger partial charge is 0.343 e. The first-order chi connectivity index (χ1) is 9.60. The molecule has 0 saturated heterocycles. The number of benzene rings is 1. The lowest BCUT2D eigenvalue weighted by Crippen LogP contribution is -2.54. The van der Waals surface area contributed by atoms with Crippen LogP contribution in [-0.4, -0.2) is 29.9 Å². The summed E-state index contributed by atoms with van der Waals surface area (Å²) in [6, 6.07) is 8.51. The fourth-order valence-corrected chi connectivity index (χ4v) is 2.82. The van der Waals surface area contributed by atoms with Crippen molar-refractivity contribution in [3.8, 4) is 0 Å². The van der Waals surface area contributed by atoms with E-state index >= 15 is 0 Å². The molecule has 2 N–H and O–H groups in total. The Morgan fingerprint density at radius 3 is 2.14 bits per heavy atom. The van der Waals surface area contributed by atoms with Crippen molar-refractivity contribution >= 4 is 18.3 Å². The molecule has 0 bridgehead atoms. The maximum absolute atomic E-state index is 12.5. The number of rotatable bonds is 6. The van der Waals surface area contributed by atoms with Gasteiger partial charge in [-0.25, -0.2) is 0 Å². The maximum atomic E-state index is 12.5. The van der Waals surface area contributed by atoms with Gasteiger partial charge in [0, 0.05) is 19.0 Å². The summed E-state index contributed by atoms with van der Waals surface area (Å²) in [6.45, 7) is 10.9.